The van der Waals surface area contributed by atoms with E-state index in [1.807, 2.05) is 6.07 Å². The lowest BCUT2D eigenvalue weighted by atomic mass is 10.1. The van der Waals surface area contributed by atoms with E-state index in [0.29, 0.717) is 23.8 Å². The Labute approximate surface area is 123 Å². The zero-order valence-electron chi connectivity index (χ0n) is 11.9. The molecular weight excluding hydrogens is 268 g/mol. The van der Waals surface area contributed by atoms with Gasteiger partial charge in [0.05, 0.1) is 13.2 Å². The van der Waals surface area contributed by atoms with Gasteiger partial charge in [0, 0.05) is 6.20 Å². The molecule has 0 fully saturated rings. The molecule has 1 aromatic heterocycles. The Morgan fingerprint density at radius 2 is 2.10 bits per heavy atom. The van der Waals surface area contributed by atoms with Crippen LogP contribution in [0.4, 0.5) is 0 Å². The van der Waals surface area contributed by atoms with Crippen LogP contribution in [-0.2, 0) is 6.61 Å². The van der Waals surface area contributed by atoms with E-state index < -0.39 is 6.10 Å². The van der Waals surface area contributed by atoms with E-state index in [9.17, 15) is 5.11 Å². The minimum atomic E-state index is -0.564. The van der Waals surface area contributed by atoms with Crippen LogP contribution in [0.25, 0.3) is 0 Å². The van der Waals surface area contributed by atoms with Crippen LogP contribution < -0.4 is 9.47 Å². The van der Waals surface area contributed by atoms with Crippen LogP contribution in [0.15, 0.2) is 36.5 Å². The molecule has 1 atom stereocenters. The number of ether oxygens (including phenoxy) is 2. The van der Waals surface area contributed by atoms with Crippen LogP contribution in [0.5, 0.6) is 11.5 Å². The average Bonchev–Trinajstić information content (AvgIpc) is 2.52. The van der Waals surface area contributed by atoms with Gasteiger partial charge in [-0.1, -0.05) is 6.07 Å². The summed E-state index contributed by atoms with van der Waals surface area (Å²) in [6.07, 6.45) is 1.01. The normalized spacial score (nSPS) is 11.5. The molecule has 0 aliphatic carbocycles. The fraction of sp³-hybridized carbons (Fsp3) is 0.250. The third kappa shape index (κ3) is 3.71. The van der Waals surface area contributed by atoms with Gasteiger partial charge in [-0.05, 0) is 42.3 Å². The van der Waals surface area contributed by atoms with Crippen LogP contribution in [0.1, 0.15) is 29.8 Å². The van der Waals surface area contributed by atoms with Crippen molar-refractivity contribution < 1.29 is 14.6 Å². The minimum Gasteiger partial charge on any atom is -0.493 e. The molecule has 1 N–H and O–H groups in total. The van der Waals surface area contributed by atoms with Crippen molar-refractivity contribution in [2.45, 2.75) is 19.6 Å². The van der Waals surface area contributed by atoms with Gasteiger partial charge in [-0.2, -0.15) is 5.26 Å². The molecule has 108 valence electrons. The SMILES string of the molecule is COc1cc([C@H](C)O)ccc1OCc1ccnc(C#N)c1. The first-order chi connectivity index (χ1) is 10.1. The minimum absolute atomic E-state index is 0.307. The van der Waals surface area contributed by atoms with Crippen LogP contribution >= 0.6 is 0 Å². The number of hydrogen-bond acceptors (Lipinski definition) is 5. The van der Waals surface area contributed by atoms with Crippen molar-refractivity contribution in [1.82, 2.24) is 4.98 Å². The first-order valence-electron chi connectivity index (χ1n) is 6.48. The second kappa shape index (κ2) is 6.73. The average molecular weight is 284 g/mol. The molecule has 0 spiro atoms. The number of nitrogens with zero attached hydrogens (tertiary/aromatic N) is 2. The summed E-state index contributed by atoms with van der Waals surface area (Å²) in [7, 11) is 1.55. The van der Waals surface area contributed by atoms with Gasteiger partial charge in [0.25, 0.3) is 0 Å². The topological polar surface area (TPSA) is 75.4 Å². The van der Waals surface area contributed by atoms with E-state index in [4.69, 9.17) is 14.7 Å². The summed E-state index contributed by atoms with van der Waals surface area (Å²) in [6, 6.07) is 10.7. The molecular formula is C16H16N2O3. The van der Waals surface area contributed by atoms with Crippen molar-refractivity contribution in [3.05, 3.63) is 53.3 Å². The van der Waals surface area contributed by atoms with Crippen LogP contribution in [-0.4, -0.2) is 17.2 Å². The summed E-state index contributed by atoms with van der Waals surface area (Å²) in [5.74, 6) is 1.14. The highest BCUT2D eigenvalue weighted by molar-refractivity contribution is 5.43. The highest BCUT2D eigenvalue weighted by atomic mass is 16.5. The summed E-state index contributed by atoms with van der Waals surface area (Å²) >= 11 is 0. The lowest BCUT2D eigenvalue weighted by Crippen LogP contribution is -2.00. The monoisotopic (exact) mass is 284 g/mol. The van der Waals surface area contributed by atoms with Gasteiger partial charge in [0.2, 0.25) is 0 Å². The molecule has 0 amide bonds. The number of rotatable bonds is 5. The van der Waals surface area contributed by atoms with Gasteiger partial charge in [-0.3, -0.25) is 0 Å². The van der Waals surface area contributed by atoms with E-state index >= 15 is 0 Å². The van der Waals surface area contributed by atoms with Crippen LogP contribution in [0.2, 0.25) is 0 Å². The second-order valence-corrected chi connectivity index (χ2v) is 4.54. The standard InChI is InChI=1S/C16H16N2O3/c1-11(19)13-3-4-15(16(8-13)20-2)21-10-12-5-6-18-14(7-12)9-17/h3-8,11,19H,10H2,1-2H3/t11-/m0/s1. The van der Waals surface area contributed by atoms with E-state index in [2.05, 4.69) is 4.98 Å². The fourth-order valence-corrected chi connectivity index (χ4v) is 1.85. The summed E-state index contributed by atoms with van der Waals surface area (Å²) in [4.78, 5) is 3.91. The molecule has 0 unspecified atom stereocenters. The molecule has 0 bridgehead atoms. The summed E-state index contributed by atoms with van der Waals surface area (Å²) < 4.78 is 11.0. The lowest BCUT2D eigenvalue weighted by Gasteiger charge is -2.13. The third-order valence-corrected chi connectivity index (χ3v) is 3.00. The molecule has 0 radical (unpaired) electrons. The quantitative estimate of drug-likeness (QED) is 0.913. The van der Waals surface area contributed by atoms with Crippen LogP contribution in [0, 0.1) is 11.3 Å². The lowest BCUT2D eigenvalue weighted by molar-refractivity contribution is 0.198. The highest BCUT2D eigenvalue weighted by Gasteiger charge is 2.09. The zero-order valence-corrected chi connectivity index (χ0v) is 11.9. The fourth-order valence-electron chi connectivity index (χ4n) is 1.85. The predicted octanol–water partition coefficient (Wildman–Crippen LogP) is 2.59. The Morgan fingerprint density at radius 3 is 2.76 bits per heavy atom. The van der Waals surface area contributed by atoms with Gasteiger partial charge < -0.3 is 14.6 Å². The summed E-state index contributed by atoms with van der Waals surface area (Å²) in [5, 5.41) is 18.4. The highest BCUT2D eigenvalue weighted by Crippen LogP contribution is 2.30. The number of aliphatic hydroxyl groups excluding tert-OH is 1. The number of benzene rings is 1. The molecule has 21 heavy (non-hydrogen) atoms. The molecule has 2 aromatic rings. The van der Waals surface area contributed by atoms with Gasteiger partial charge >= 0.3 is 0 Å². The second-order valence-electron chi connectivity index (χ2n) is 4.54. The summed E-state index contributed by atoms with van der Waals surface area (Å²) in [6.45, 7) is 2.00. The maximum absolute atomic E-state index is 9.57. The largest absolute Gasteiger partial charge is 0.493 e. The number of methoxy groups -OCH3 is 1. The van der Waals surface area contributed by atoms with E-state index in [-0.39, 0.29) is 0 Å². The molecule has 2 rings (SSSR count). The van der Waals surface area contributed by atoms with Crippen molar-refractivity contribution in [3.8, 4) is 17.6 Å². The number of pyridine rings is 1. The Balaban J connectivity index is 2.14. The molecule has 1 heterocycles. The van der Waals surface area contributed by atoms with Gasteiger partial charge in [0.15, 0.2) is 11.5 Å². The van der Waals surface area contributed by atoms with Gasteiger partial charge in [-0.15, -0.1) is 0 Å². The Morgan fingerprint density at radius 1 is 1.29 bits per heavy atom. The van der Waals surface area contributed by atoms with Gasteiger partial charge in [-0.25, -0.2) is 4.98 Å². The Hall–Kier alpha value is -2.58. The van der Waals surface area contributed by atoms with Crippen molar-refractivity contribution in [3.63, 3.8) is 0 Å². The van der Waals surface area contributed by atoms with Crippen LogP contribution in [0.3, 0.4) is 0 Å². The number of nitriles is 1. The third-order valence-electron chi connectivity index (χ3n) is 3.00. The first-order valence-corrected chi connectivity index (χ1v) is 6.48. The predicted molar refractivity (Wildman–Crippen MR) is 76.9 cm³/mol. The zero-order chi connectivity index (χ0) is 15.2. The number of hydrogen-bond donors (Lipinski definition) is 1. The number of aliphatic hydroxyl groups is 1. The van der Waals surface area contributed by atoms with Crippen molar-refractivity contribution >= 4 is 0 Å². The molecule has 1 aromatic carbocycles. The van der Waals surface area contributed by atoms with Crippen molar-refractivity contribution in [2.75, 3.05) is 7.11 Å². The molecule has 0 saturated heterocycles. The smallest absolute Gasteiger partial charge is 0.161 e. The molecule has 0 saturated carbocycles. The maximum atomic E-state index is 9.57. The molecule has 5 heteroatoms. The first kappa shape index (κ1) is 14.8. The van der Waals surface area contributed by atoms with E-state index in [0.717, 1.165) is 11.1 Å². The Kier molecular flexibility index (Phi) is 4.75. The maximum Gasteiger partial charge on any atom is 0.161 e. The molecule has 5 nitrogen and oxygen atoms in total. The number of aromatic nitrogens is 1. The van der Waals surface area contributed by atoms with E-state index in [1.54, 1.807) is 50.6 Å². The van der Waals surface area contributed by atoms with Crippen molar-refractivity contribution in [2.24, 2.45) is 0 Å². The van der Waals surface area contributed by atoms with Crippen molar-refractivity contribution in [1.29, 1.82) is 5.26 Å². The van der Waals surface area contributed by atoms with Gasteiger partial charge in [0.1, 0.15) is 18.4 Å². The summed E-state index contributed by atoms with van der Waals surface area (Å²) in [5.41, 5.74) is 1.96. The van der Waals surface area contributed by atoms with E-state index in [1.165, 1.54) is 0 Å². The molecule has 0 aliphatic rings. The Bertz CT molecular complexity index is 663. The molecule has 0 aliphatic heterocycles.